The van der Waals surface area contributed by atoms with E-state index in [2.05, 4.69) is 13.0 Å². The molecule has 2 N–H and O–H groups in total. The molecule has 0 unspecified atom stereocenters. The lowest BCUT2D eigenvalue weighted by Crippen LogP contribution is -2.45. The predicted molar refractivity (Wildman–Crippen MR) is 118 cm³/mol. The van der Waals surface area contributed by atoms with Gasteiger partial charge in [0.1, 0.15) is 0 Å². The minimum absolute atomic E-state index is 0.0126. The minimum atomic E-state index is -0.894. The first-order valence-corrected chi connectivity index (χ1v) is 11.7. The maximum absolute atomic E-state index is 13.1. The second kappa shape index (κ2) is 8.03. The Hall–Kier alpha value is -1.23. The van der Waals surface area contributed by atoms with Crippen molar-refractivity contribution in [3.05, 3.63) is 35.5 Å². The van der Waals surface area contributed by atoms with Crippen LogP contribution >= 0.6 is 0 Å². The number of ether oxygens (including phenoxy) is 1. The molecule has 4 nitrogen and oxygen atoms in total. The van der Waals surface area contributed by atoms with E-state index in [0.29, 0.717) is 24.7 Å². The van der Waals surface area contributed by atoms with E-state index in [9.17, 15) is 15.0 Å². The van der Waals surface area contributed by atoms with Crippen LogP contribution in [0.5, 0.6) is 0 Å². The summed E-state index contributed by atoms with van der Waals surface area (Å²) in [5.74, 6) is 0.976. The molecule has 0 amide bonds. The summed E-state index contributed by atoms with van der Waals surface area (Å²) in [5.41, 5.74) is 1.78. The normalized spacial score (nSPS) is 41.8. The zero-order chi connectivity index (χ0) is 21.7. The molecule has 2 bridgehead atoms. The van der Waals surface area contributed by atoms with Crippen LogP contribution in [0, 0.1) is 29.1 Å². The molecule has 4 heteroatoms. The molecule has 0 heterocycles. The van der Waals surface area contributed by atoms with Gasteiger partial charge in [-0.1, -0.05) is 36.3 Å². The van der Waals surface area contributed by atoms with Crippen LogP contribution in [-0.2, 0) is 9.53 Å². The highest BCUT2D eigenvalue weighted by atomic mass is 16.5. The van der Waals surface area contributed by atoms with E-state index in [1.807, 2.05) is 32.1 Å². The average molecular weight is 415 g/mol. The maximum atomic E-state index is 13.1. The summed E-state index contributed by atoms with van der Waals surface area (Å²) in [5, 5.41) is 21.6. The summed E-state index contributed by atoms with van der Waals surface area (Å²) >= 11 is 0. The van der Waals surface area contributed by atoms with Crippen molar-refractivity contribution in [2.45, 2.75) is 83.5 Å². The molecule has 4 aliphatic rings. The number of allylic oxidation sites excluding steroid dienone is 3. The highest BCUT2D eigenvalue weighted by molar-refractivity contribution is 5.93. The van der Waals surface area contributed by atoms with Crippen molar-refractivity contribution < 1.29 is 19.7 Å². The summed E-state index contributed by atoms with van der Waals surface area (Å²) in [6, 6.07) is 0. The SMILES string of the molecule is CO[C@@H](C)/C=C/[C@](C)(O)[C@H]1CC[C@H]2C3=CC(=O)[C@H]4CC(=CC[C@H](O)C4)[C@H]3CC[C@@]21C. The summed E-state index contributed by atoms with van der Waals surface area (Å²) in [4.78, 5) is 13.1. The molecule has 0 saturated heterocycles. The number of rotatable bonds is 4. The van der Waals surface area contributed by atoms with Crippen LogP contribution in [0.25, 0.3) is 0 Å². The Bertz CT molecular complexity index is 776. The Morgan fingerprint density at radius 3 is 2.83 bits per heavy atom. The summed E-state index contributed by atoms with van der Waals surface area (Å²) in [6.45, 7) is 6.24. The summed E-state index contributed by atoms with van der Waals surface area (Å²) in [7, 11) is 1.68. The van der Waals surface area contributed by atoms with Gasteiger partial charge >= 0.3 is 0 Å². The molecule has 0 aromatic rings. The van der Waals surface area contributed by atoms with Crippen LogP contribution < -0.4 is 0 Å². The average Bonchev–Trinajstić information content (AvgIpc) is 2.86. The topological polar surface area (TPSA) is 66.8 Å². The van der Waals surface area contributed by atoms with Crippen LogP contribution in [0.2, 0.25) is 0 Å². The summed E-state index contributed by atoms with van der Waals surface area (Å²) in [6.07, 6.45) is 13.8. The van der Waals surface area contributed by atoms with Gasteiger partial charge < -0.3 is 14.9 Å². The third-order valence-corrected chi connectivity index (χ3v) is 8.74. The number of carbonyl (C=O) groups excluding carboxylic acids is 1. The number of methoxy groups -OCH3 is 1. The number of fused-ring (bicyclic) bond motifs is 6. The van der Waals surface area contributed by atoms with Crippen molar-refractivity contribution in [1.82, 2.24) is 0 Å². The van der Waals surface area contributed by atoms with E-state index in [1.165, 1.54) is 11.1 Å². The first-order valence-electron chi connectivity index (χ1n) is 11.7. The molecule has 0 aliphatic heterocycles. The lowest BCUT2D eigenvalue weighted by atomic mass is 9.57. The predicted octanol–water partition coefficient (Wildman–Crippen LogP) is 4.37. The first-order chi connectivity index (χ1) is 14.2. The van der Waals surface area contributed by atoms with Crippen LogP contribution in [0.4, 0.5) is 0 Å². The molecular weight excluding hydrogens is 376 g/mol. The smallest absolute Gasteiger partial charge is 0.159 e. The zero-order valence-electron chi connectivity index (χ0n) is 18.9. The van der Waals surface area contributed by atoms with Crippen LogP contribution in [0.1, 0.15) is 65.7 Å². The molecule has 8 atom stereocenters. The monoisotopic (exact) mass is 414 g/mol. The van der Waals surface area contributed by atoms with Gasteiger partial charge in [0.2, 0.25) is 0 Å². The van der Waals surface area contributed by atoms with Gasteiger partial charge in [0.05, 0.1) is 17.8 Å². The van der Waals surface area contributed by atoms with E-state index in [0.717, 1.165) is 32.1 Å². The number of hydrogen-bond acceptors (Lipinski definition) is 4. The minimum Gasteiger partial charge on any atom is -0.393 e. The van der Waals surface area contributed by atoms with Gasteiger partial charge in [-0.3, -0.25) is 4.79 Å². The maximum Gasteiger partial charge on any atom is 0.159 e. The number of hydrogen-bond donors (Lipinski definition) is 2. The van der Waals surface area contributed by atoms with Gasteiger partial charge in [-0.25, -0.2) is 0 Å². The van der Waals surface area contributed by atoms with Gasteiger partial charge in [0, 0.05) is 18.9 Å². The quantitative estimate of drug-likeness (QED) is 0.671. The van der Waals surface area contributed by atoms with Crippen molar-refractivity contribution in [3.8, 4) is 0 Å². The molecule has 2 saturated carbocycles. The van der Waals surface area contributed by atoms with E-state index in [-0.39, 0.29) is 29.1 Å². The van der Waals surface area contributed by atoms with E-state index in [1.54, 1.807) is 7.11 Å². The van der Waals surface area contributed by atoms with Gasteiger partial charge in [-0.2, -0.15) is 0 Å². The second-order valence-corrected chi connectivity index (χ2v) is 10.7. The Morgan fingerprint density at radius 2 is 2.10 bits per heavy atom. The fourth-order valence-electron chi connectivity index (χ4n) is 7.03. The lowest BCUT2D eigenvalue weighted by molar-refractivity contribution is -0.119. The number of carbonyl (C=O) groups is 1. The lowest BCUT2D eigenvalue weighted by Gasteiger charge is -2.49. The Kier molecular flexibility index (Phi) is 5.89. The van der Waals surface area contributed by atoms with Crippen molar-refractivity contribution in [3.63, 3.8) is 0 Å². The fraction of sp³-hybridized carbons (Fsp3) is 0.731. The third kappa shape index (κ3) is 3.76. The molecule has 30 heavy (non-hydrogen) atoms. The first kappa shape index (κ1) is 22.0. The molecular formula is C26H38O4. The van der Waals surface area contributed by atoms with E-state index < -0.39 is 11.7 Å². The van der Waals surface area contributed by atoms with Crippen LogP contribution in [0.15, 0.2) is 35.5 Å². The molecule has 2 fully saturated rings. The van der Waals surface area contributed by atoms with Crippen LogP contribution in [-0.4, -0.2) is 40.9 Å². The van der Waals surface area contributed by atoms with Gasteiger partial charge in [0.15, 0.2) is 5.78 Å². The molecule has 4 aliphatic carbocycles. The fourth-order valence-corrected chi connectivity index (χ4v) is 7.03. The highest BCUT2D eigenvalue weighted by Crippen LogP contribution is 2.63. The molecule has 166 valence electrons. The number of ketones is 1. The Labute approximate surface area is 181 Å². The molecule has 0 aromatic heterocycles. The van der Waals surface area contributed by atoms with Crippen molar-refractivity contribution in [2.24, 2.45) is 29.1 Å². The summed E-state index contributed by atoms with van der Waals surface area (Å²) < 4.78 is 5.33. The molecule has 0 radical (unpaired) electrons. The third-order valence-electron chi connectivity index (χ3n) is 8.74. The molecule has 0 aromatic carbocycles. The largest absolute Gasteiger partial charge is 0.393 e. The van der Waals surface area contributed by atoms with Crippen LogP contribution in [0.3, 0.4) is 0 Å². The molecule has 0 spiro atoms. The standard InChI is InChI=1S/C26H38O4/c1-16(30-4)9-12-26(3,29)24-8-7-22-21-15-23(28)18-13-17(5-6-19(27)14-18)20(21)10-11-25(22,24)2/h5,9,12,15-16,18-20,22,24,27,29H,6-8,10-11,13-14H2,1-4H3/b12-9+/t16-,18-,19-,20+,22-,24-,25-,26-/m0/s1. The van der Waals surface area contributed by atoms with Crippen molar-refractivity contribution >= 4 is 5.78 Å². The van der Waals surface area contributed by atoms with Gasteiger partial charge in [-0.05, 0) is 82.1 Å². The second-order valence-electron chi connectivity index (χ2n) is 10.7. The Morgan fingerprint density at radius 1 is 1.33 bits per heavy atom. The number of aliphatic hydroxyl groups excluding tert-OH is 1. The van der Waals surface area contributed by atoms with Gasteiger partial charge in [-0.15, -0.1) is 0 Å². The highest BCUT2D eigenvalue weighted by Gasteiger charge is 2.57. The van der Waals surface area contributed by atoms with E-state index in [4.69, 9.17) is 4.74 Å². The van der Waals surface area contributed by atoms with E-state index >= 15 is 0 Å². The number of aliphatic hydroxyl groups is 2. The van der Waals surface area contributed by atoms with Crippen molar-refractivity contribution in [2.75, 3.05) is 7.11 Å². The Balaban J connectivity index is 1.65. The van der Waals surface area contributed by atoms with Crippen molar-refractivity contribution in [1.29, 1.82) is 0 Å². The molecule has 4 rings (SSSR count). The van der Waals surface area contributed by atoms with Gasteiger partial charge in [0.25, 0.3) is 0 Å². The zero-order valence-corrected chi connectivity index (χ0v) is 18.9.